The summed E-state index contributed by atoms with van der Waals surface area (Å²) in [7, 11) is 0. The van der Waals surface area contributed by atoms with Gasteiger partial charge in [0.05, 0.1) is 12.2 Å². The number of hydrogen-bond donors (Lipinski definition) is 1. The third-order valence-corrected chi connectivity index (χ3v) is 5.85. The average molecular weight is 372 g/mol. The highest BCUT2D eigenvalue weighted by molar-refractivity contribution is 7.17. The molecule has 0 saturated carbocycles. The first-order chi connectivity index (χ1) is 12.3. The van der Waals surface area contributed by atoms with E-state index in [1.807, 2.05) is 24.3 Å². The molecule has 0 bridgehead atoms. The number of esters is 1. The van der Waals surface area contributed by atoms with Gasteiger partial charge in [-0.1, -0.05) is 32.9 Å². The topological polar surface area (TPSA) is 55.4 Å². The van der Waals surface area contributed by atoms with Gasteiger partial charge in [0.2, 0.25) is 0 Å². The number of nitrogens with one attached hydrogen (secondary N) is 1. The minimum atomic E-state index is -0.342. The van der Waals surface area contributed by atoms with Gasteiger partial charge >= 0.3 is 5.97 Å². The average Bonchev–Trinajstić information content (AvgIpc) is 3.14. The van der Waals surface area contributed by atoms with Crippen LogP contribution in [0, 0.1) is 0 Å². The first-order valence-electron chi connectivity index (χ1n) is 9.04. The fraction of sp³-hybridized carbons (Fsp3) is 0.429. The molecule has 0 atom stereocenters. The zero-order chi connectivity index (χ0) is 18.9. The summed E-state index contributed by atoms with van der Waals surface area (Å²) >= 11 is 1.50. The summed E-state index contributed by atoms with van der Waals surface area (Å²) in [4.78, 5) is 26.3. The van der Waals surface area contributed by atoms with Crippen molar-refractivity contribution in [1.29, 1.82) is 0 Å². The van der Waals surface area contributed by atoms with E-state index in [0.717, 1.165) is 24.8 Å². The fourth-order valence-corrected chi connectivity index (χ4v) is 4.48. The molecule has 0 spiro atoms. The molecule has 0 aliphatic heterocycles. The number of ether oxygens (including phenoxy) is 1. The SMILES string of the molecule is CCOC(=O)c1c(NC(=O)c2ccc(C(C)(C)C)cc2)sc2c1CCC2. The monoisotopic (exact) mass is 371 g/mol. The second kappa shape index (κ2) is 7.23. The number of anilines is 1. The van der Waals surface area contributed by atoms with Crippen LogP contribution < -0.4 is 5.32 Å². The van der Waals surface area contributed by atoms with Crippen molar-refractivity contribution in [3.63, 3.8) is 0 Å². The third kappa shape index (κ3) is 3.68. The summed E-state index contributed by atoms with van der Waals surface area (Å²) in [6, 6.07) is 7.63. The van der Waals surface area contributed by atoms with Gasteiger partial charge in [-0.3, -0.25) is 4.79 Å². The summed E-state index contributed by atoms with van der Waals surface area (Å²) in [6.07, 6.45) is 2.88. The zero-order valence-corrected chi connectivity index (χ0v) is 16.6. The first-order valence-corrected chi connectivity index (χ1v) is 9.86. The number of amides is 1. The minimum absolute atomic E-state index is 0.0423. The van der Waals surface area contributed by atoms with E-state index < -0.39 is 0 Å². The van der Waals surface area contributed by atoms with Gasteiger partial charge in [-0.2, -0.15) is 0 Å². The Balaban J connectivity index is 1.85. The van der Waals surface area contributed by atoms with Gasteiger partial charge < -0.3 is 10.1 Å². The lowest BCUT2D eigenvalue weighted by atomic mass is 9.87. The molecule has 1 aromatic heterocycles. The largest absolute Gasteiger partial charge is 0.462 e. The van der Waals surface area contributed by atoms with Crippen molar-refractivity contribution in [3.8, 4) is 0 Å². The van der Waals surface area contributed by atoms with E-state index in [1.165, 1.54) is 21.8 Å². The lowest BCUT2D eigenvalue weighted by Crippen LogP contribution is -2.16. The van der Waals surface area contributed by atoms with Gasteiger partial charge in [0, 0.05) is 10.4 Å². The van der Waals surface area contributed by atoms with Crippen LogP contribution in [0.25, 0.3) is 0 Å². The van der Waals surface area contributed by atoms with Crippen molar-refractivity contribution in [1.82, 2.24) is 0 Å². The van der Waals surface area contributed by atoms with Crippen molar-refractivity contribution in [2.45, 2.75) is 52.4 Å². The summed E-state index contributed by atoms with van der Waals surface area (Å²) in [5.41, 5.74) is 3.40. The molecule has 1 amide bonds. The number of carbonyl (C=O) groups is 2. The molecule has 1 heterocycles. The van der Waals surface area contributed by atoms with Gasteiger partial charge in [-0.15, -0.1) is 11.3 Å². The summed E-state index contributed by atoms with van der Waals surface area (Å²) in [5, 5.41) is 3.54. The van der Waals surface area contributed by atoms with E-state index in [2.05, 4.69) is 26.1 Å². The molecular formula is C21H25NO3S. The number of thiophene rings is 1. The highest BCUT2D eigenvalue weighted by Crippen LogP contribution is 2.39. The quantitative estimate of drug-likeness (QED) is 0.773. The lowest BCUT2D eigenvalue weighted by Gasteiger charge is -2.19. The van der Waals surface area contributed by atoms with Crippen LogP contribution >= 0.6 is 11.3 Å². The lowest BCUT2D eigenvalue weighted by molar-refractivity contribution is 0.0527. The van der Waals surface area contributed by atoms with E-state index in [1.54, 1.807) is 6.92 Å². The van der Waals surface area contributed by atoms with Gasteiger partial charge in [-0.05, 0) is 54.9 Å². The first kappa shape index (κ1) is 18.6. The molecular weight excluding hydrogens is 346 g/mol. The number of hydrogen-bond acceptors (Lipinski definition) is 4. The molecule has 1 aromatic carbocycles. The molecule has 4 nitrogen and oxygen atoms in total. The fourth-order valence-electron chi connectivity index (χ4n) is 3.21. The van der Waals surface area contributed by atoms with Crippen molar-refractivity contribution in [2.24, 2.45) is 0 Å². The number of fused-ring (bicyclic) bond motifs is 1. The molecule has 5 heteroatoms. The van der Waals surface area contributed by atoms with Crippen molar-refractivity contribution in [3.05, 3.63) is 51.4 Å². The Morgan fingerprint density at radius 1 is 1.15 bits per heavy atom. The van der Waals surface area contributed by atoms with E-state index in [9.17, 15) is 9.59 Å². The molecule has 0 fully saturated rings. The molecule has 1 aliphatic carbocycles. The molecule has 0 saturated heterocycles. The second-order valence-electron chi connectivity index (χ2n) is 7.56. The van der Waals surface area contributed by atoms with E-state index in [-0.39, 0.29) is 17.3 Å². The van der Waals surface area contributed by atoms with Crippen molar-refractivity contribution in [2.75, 3.05) is 11.9 Å². The van der Waals surface area contributed by atoms with Crippen LogP contribution in [0.5, 0.6) is 0 Å². The van der Waals surface area contributed by atoms with Gasteiger partial charge in [-0.25, -0.2) is 4.79 Å². The molecule has 1 N–H and O–H groups in total. The maximum atomic E-state index is 12.7. The number of rotatable bonds is 4. The van der Waals surface area contributed by atoms with Crippen LogP contribution in [-0.2, 0) is 23.0 Å². The maximum Gasteiger partial charge on any atom is 0.341 e. The Hall–Kier alpha value is -2.14. The van der Waals surface area contributed by atoms with Gasteiger partial charge in [0.1, 0.15) is 5.00 Å². The highest BCUT2D eigenvalue weighted by Gasteiger charge is 2.28. The Morgan fingerprint density at radius 3 is 2.46 bits per heavy atom. The predicted molar refractivity (Wildman–Crippen MR) is 105 cm³/mol. The Bertz CT molecular complexity index is 828. The van der Waals surface area contributed by atoms with Crippen LogP contribution in [0.15, 0.2) is 24.3 Å². The number of benzene rings is 1. The maximum absolute atomic E-state index is 12.7. The number of carbonyl (C=O) groups excluding carboxylic acids is 2. The molecule has 0 radical (unpaired) electrons. The Kier molecular flexibility index (Phi) is 5.19. The molecule has 26 heavy (non-hydrogen) atoms. The molecule has 1 aliphatic rings. The Morgan fingerprint density at radius 2 is 1.85 bits per heavy atom. The van der Waals surface area contributed by atoms with Crippen LogP contribution in [0.3, 0.4) is 0 Å². The van der Waals surface area contributed by atoms with Crippen LogP contribution in [-0.4, -0.2) is 18.5 Å². The number of aryl methyl sites for hydroxylation is 1. The van der Waals surface area contributed by atoms with E-state index in [0.29, 0.717) is 22.7 Å². The summed E-state index contributed by atoms with van der Waals surface area (Å²) in [5.74, 6) is -0.541. The summed E-state index contributed by atoms with van der Waals surface area (Å²) < 4.78 is 5.21. The summed E-state index contributed by atoms with van der Waals surface area (Å²) in [6.45, 7) is 8.53. The van der Waals surface area contributed by atoms with E-state index in [4.69, 9.17) is 4.74 Å². The molecule has 0 unspecified atom stereocenters. The standard InChI is InChI=1S/C21H25NO3S/c1-5-25-20(24)17-15-7-6-8-16(15)26-19(17)22-18(23)13-9-11-14(12-10-13)21(2,3)4/h9-12H,5-8H2,1-4H3,(H,22,23). The normalized spacial score (nSPS) is 13.4. The predicted octanol–water partition coefficient (Wildman–Crippen LogP) is 4.96. The minimum Gasteiger partial charge on any atom is -0.462 e. The van der Waals surface area contributed by atoms with Crippen LogP contribution in [0.2, 0.25) is 0 Å². The van der Waals surface area contributed by atoms with E-state index >= 15 is 0 Å². The second-order valence-corrected chi connectivity index (χ2v) is 8.67. The Labute approximate surface area is 158 Å². The van der Waals surface area contributed by atoms with Crippen molar-refractivity contribution < 1.29 is 14.3 Å². The van der Waals surface area contributed by atoms with Crippen LogP contribution in [0.1, 0.15) is 70.8 Å². The smallest absolute Gasteiger partial charge is 0.341 e. The van der Waals surface area contributed by atoms with Crippen LogP contribution in [0.4, 0.5) is 5.00 Å². The third-order valence-electron chi connectivity index (χ3n) is 4.64. The highest BCUT2D eigenvalue weighted by atomic mass is 32.1. The molecule has 138 valence electrons. The van der Waals surface area contributed by atoms with Gasteiger partial charge in [0.25, 0.3) is 5.91 Å². The molecule has 3 rings (SSSR count). The molecule has 2 aromatic rings. The van der Waals surface area contributed by atoms with Gasteiger partial charge in [0.15, 0.2) is 0 Å². The zero-order valence-electron chi connectivity index (χ0n) is 15.8. The van der Waals surface area contributed by atoms with Crippen molar-refractivity contribution >= 4 is 28.2 Å².